The van der Waals surface area contributed by atoms with Crippen molar-refractivity contribution in [1.29, 1.82) is 0 Å². The highest BCUT2D eigenvalue weighted by Gasteiger charge is 2.43. The predicted molar refractivity (Wildman–Crippen MR) is 164 cm³/mol. The molecule has 1 saturated heterocycles. The summed E-state index contributed by atoms with van der Waals surface area (Å²) in [5.41, 5.74) is 1.29. The van der Waals surface area contributed by atoms with Gasteiger partial charge in [-0.3, -0.25) is 33.6 Å². The van der Waals surface area contributed by atoms with Gasteiger partial charge in [0.25, 0.3) is 0 Å². The summed E-state index contributed by atoms with van der Waals surface area (Å²) in [5.74, 6) is -6.55. The number of halogens is 1. The molecule has 0 spiro atoms. The Labute approximate surface area is 274 Å². The van der Waals surface area contributed by atoms with Crippen molar-refractivity contribution in [3.63, 3.8) is 0 Å². The van der Waals surface area contributed by atoms with Gasteiger partial charge < -0.3 is 41.1 Å². The number of aliphatic hydroxyl groups excluding tert-OH is 1. The molecule has 15 nitrogen and oxygen atoms in total. The summed E-state index contributed by atoms with van der Waals surface area (Å²) in [4.78, 5) is 90.6. The van der Waals surface area contributed by atoms with Gasteiger partial charge in [-0.15, -0.1) is 0 Å². The number of ether oxygens (including phenoxy) is 1. The van der Waals surface area contributed by atoms with Crippen LogP contribution in [0.25, 0.3) is 0 Å². The van der Waals surface area contributed by atoms with Crippen LogP contribution in [0.15, 0.2) is 22.7 Å². The fraction of sp³-hybridized carbons (Fsp3) is 0.567. The van der Waals surface area contributed by atoms with Crippen molar-refractivity contribution < 1.29 is 48.5 Å². The van der Waals surface area contributed by atoms with E-state index in [2.05, 4.69) is 37.2 Å². The Morgan fingerprint density at radius 1 is 1.00 bits per heavy atom. The number of nitrogens with zero attached hydrogens (tertiary/aromatic N) is 1. The Bertz CT molecular complexity index is 1390. The second kappa shape index (κ2) is 15.5. The van der Waals surface area contributed by atoms with Crippen LogP contribution in [0.5, 0.6) is 0 Å². The number of aliphatic hydroxyl groups is 1. The van der Waals surface area contributed by atoms with Gasteiger partial charge in [-0.2, -0.15) is 0 Å². The number of carbonyl (C=O) groups is 7. The van der Waals surface area contributed by atoms with E-state index >= 15 is 0 Å². The largest absolute Gasteiger partial charge is 0.481 e. The zero-order valence-corrected chi connectivity index (χ0v) is 27.8. The van der Waals surface area contributed by atoms with Crippen LogP contribution in [0.4, 0.5) is 0 Å². The highest BCUT2D eigenvalue weighted by molar-refractivity contribution is 9.10. The van der Waals surface area contributed by atoms with Crippen molar-refractivity contribution >= 4 is 57.4 Å². The molecule has 0 bridgehead atoms. The number of fused-ring (bicyclic) bond motifs is 1. The average molecular weight is 711 g/mol. The molecule has 16 heteroatoms. The fourth-order valence-electron chi connectivity index (χ4n) is 5.38. The van der Waals surface area contributed by atoms with Gasteiger partial charge in [-0.05, 0) is 41.5 Å². The average Bonchev–Trinajstić information content (AvgIpc) is 3.27. The zero-order valence-electron chi connectivity index (χ0n) is 26.2. The van der Waals surface area contributed by atoms with E-state index in [1.807, 2.05) is 6.07 Å². The Balaban J connectivity index is 1.90. The number of esters is 1. The summed E-state index contributed by atoms with van der Waals surface area (Å²) < 4.78 is 5.37. The highest BCUT2D eigenvalue weighted by atomic mass is 79.9. The van der Waals surface area contributed by atoms with E-state index in [0.29, 0.717) is 16.5 Å². The molecule has 0 saturated carbocycles. The number of cyclic esters (lactones) is 1. The number of hydrogen-bond acceptors (Lipinski definition) is 9. The maximum atomic E-state index is 14.2. The Hall–Kier alpha value is -4.05. The molecule has 2 unspecified atom stereocenters. The zero-order chi connectivity index (χ0) is 34.5. The van der Waals surface area contributed by atoms with Crippen LogP contribution in [0.2, 0.25) is 0 Å². The van der Waals surface area contributed by atoms with Crippen molar-refractivity contribution in [2.24, 2.45) is 11.8 Å². The molecule has 0 aliphatic carbocycles. The Morgan fingerprint density at radius 2 is 1.65 bits per heavy atom. The molecular formula is C30H40BrN5O10. The minimum absolute atomic E-state index is 0.0787. The van der Waals surface area contributed by atoms with Crippen LogP contribution >= 0.6 is 15.9 Å². The predicted octanol–water partition coefficient (Wildman–Crippen LogP) is -0.114. The lowest BCUT2D eigenvalue weighted by molar-refractivity contribution is -0.156. The number of rotatable bonds is 12. The van der Waals surface area contributed by atoms with Gasteiger partial charge in [-0.1, -0.05) is 49.7 Å². The third kappa shape index (κ3) is 9.02. The molecule has 6 N–H and O–H groups in total. The van der Waals surface area contributed by atoms with Gasteiger partial charge in [-0.25, -0.2) is 0 Å². The van der Waals surface area contributed by atoms with Gasteiger partial charge in [0.05, 0.1) is 12.8 Å². The molecule has 0 aromatic heterocycles. The third-order valence-electron chi connectivity index (χ3n) is 7.73. The maximum absolute atomic E-state index is 14.2. The third-order valence-corrected chi connectivity index (χ3v) is 8.22. The van der Waals surface area contributed by atoms with E-state index in [4.69, 9.17) is 4.74 Å². The van der Waals surface area contributed by atoms with E-state index in [9.17, 15) is 43.8 Å². The smallest absolute Gasteiger partial charge is 0.310 e. The lowest BCUT2D eigenvalue weighted by Gasteiger charge is -2.39. The summed E-state index contributed by atoms with van der Waals surface area (Å²) in [6, 6.07) is -0.845. The van der Waals surface area contributed by atoms with Gasteiger partial charge in [0.2, 0.25) is 35.8 Å². The molecule has 3 rings (SSSR count). The highest BCUT2D eigenvalue weighted by Crippen LogP contribution is 2.34. The van der Waals surface area contributed by atoms with E-state index in [1.54, 1.807) is 39.8 Å². The van der Waals surface area contributed by atoms with Crippen LogP contribution in [0.1, 0.15) is 64.6 Å². The molecule has 0 radical (unpaired) electrons. The maximum Gasteiger partial charge on any atom is 0.310 e. The van der Waals surface area contributed by atoms with Crippen molar-refractivity contribution in [2.45, 2.75) is 90.4 Å². The van der Waals surface area contributed by atoms with Crippen LogP contribution in [-0.2, 0) is 44.7 Å². The van der Waals surface area contributed by atoms with Crippen molar-refractivity contribution in [3.05, 3.63) is 33.8 Å². The Morgan fingerprint density at radius 3 is 2.20 bits per heavy atom. The van der Waals surface area contributed by atoms with Crippen molar-refractivity contribution in [2.75, 3.05) is 6.54 Å². The first kappa shape index (κ1) is 36.4. The molecule has 252 valence electrons. The summed E-state index contributed by atoms with van der Waals surface area (Å²) in [7, 11) is 0. The van der Waals surface area contributed by atoms with Gasteiger partial charge in [0.15, 0.2) is 0 Å². The number of benzene rings is 1. The van der Waals surface area contributed by atoms with Gasteiger partial charge >= 0.3 is 11.9 Å². The lowest BCUT2D eigenvalue weighted by atomic mass is 9.90. The number of hydrogen-bond donors (Lipinski definition) is 6. The van der Waals surface area contributed by atoms with Crippen LogP contribution in [0, 0.1) is 11.8 Å². The number of aliphatic carboxylic acids is 1. The number of carbonyl (C=O) groups excluding carboxylic acids is 6. The monoisotopic (exact) mass is 709 g/mol. The van der Waals surface area contributed by atoms with Gasteiger partial charge in [0, 0.05) is 17.9 Å². The fourth-order valence-corrected chi connectivity index (χ4v) is 5.76. The van der Waals surface area contributed by atoms with E-state index in [0.717, 1.165) is 5.56 Å². The minimum Gasteiger partial charge on any atom is -0.481 e. The van der Waals surface area contributed by atoms with E-state index < -0.39 is 90.3 Å². The van der Waals surface area contributed by atoms with Crippen LogP contribution in [0.3, 0.4) is 0 Å². The molecule has 1 aromatic carbocycles. The van der Waals surface area contributed by atoms with E-state index in [1.165, 1.54) is 11.8 Å². The minimum atomic E-state index is -1.59. The quantitative estimate of drug-likeness (QED) is 0.158. The first-order valence-corrected chi connectivity index (χ1v) is 15.7. The van der Waals surface area contributed by atoms with Crippen LogP contribution < -0.4 is 21.3 Å². The van der Waals surface area contributed by atoms with Crippen molar-refractivity contribution in [3.8, 4) is 0 Å². The lowest BCUT2D eigenvalue weighted by Crippen LogP contribution is -2.60. The second-order valence-corrected chi connectivity index (χ2v) is 13.0. The molecule has 6 atom stereocenters. The first-order chi connectivity index (χ1) is 21.5. The van der Waals surface area contributed by atoms with E-state index in [-0.39, 0.29) is 18.9 Å². The molecular weight excluding hydrogens is 670 g/mol. The molecule has 5 amide bonds. The number of nitrogens with one attached hydrogen (secondary N) is 4. The van der Waals surface area contributed by atoms with Gasteiger partial charge in [0.1, 0.15) is 30.2 Å². The number of amides is 5. The van der Waals surface area contributed by atoms with Crippen LogP contribution in [-0.4, -0.2) is 93.6 Å². The SMILES string of the molecule is CC(=O)N[C@H](C(=O)N[C@@H](CC(=O)O)C(=O)N[C@H](C(=O)N1CCc2ccc(Br)cc2C1C(=O)N[C@H]1CC(=O)OC1O)C(C)C)C(C)C. The normalized spacial score (nSPS) is 21.0. The summed E-state index contributed by atoms with van der Waals surface area (Å²) in [6.45, 7) is 7.94. The molecule has 1 aromatic rings. The molecule has 2 heterocycles. The molecule has 2 aliphatic heterocycles. The first-order valence-electron chi connectivity index (χ1n) is 14.9. The number of carboxylic acid groups (broad SMARTS) is 1. The Kier molecular flexibility index (Phi) is 12.3. The molecule has 1 fully saturated rings. The number of carboxylic acids is 1. The molecule has 46 heavy (non-hydrogen) atoms. The topological polar surface area (TPSA) is 221 Å². The summed E-state index contributed by atoms with van der Waals surface area (Å²) in [6.07, 6.45) is -2.25. The standard InChI is InChI=1S/C30H40BrN5O10/c1-13(2)23(32-15(5)37)27(42)33-19(11-21(38)39)26(41)35-24(14(3)4)29(44)36-9-8-16-6-7-17(31)10-18(16)25(36)28(43)34-20-12-22(40)46-30(20)45/h6-7,10,13-14,19-20,23-25,30,45H,8-9,11-12H2,1-5H3,(H,32,37)(H,33,42)(H,34,43)(H,35,41)(H,38,39)/t19-,20-,23-,24-,25?,30?/m0/s1. The second-order valence-electron chi connectivity index (χ2n) is 12.0. The van der Waals surface area contributed by atoms with Crippen molar-refractivity contribution in [1.82, 2.24) is 26.2 Å². The summed E-state index contributed by atoms with van der Waals surface area (Å²) in [5, 5.41) is 29.6. The molecule has 2 aliphatic rings. The summed E-state index contributed by atoms with van der Waals surface area (Å²) >= 11 is 3.40.